The number of furan rings is 1. The number of benzene rings is 1. The molecule has 1 N–H and O–H groups in total. The number of nitrogens with one attached hydrogen (secondary N) is 1. The summed E-state index contributed by atoms with van der Waals surface area (Å²) in [5.74, 6) is 1.02. The average Bonchev–Trinajstić information content (AvgIpc) is 3.28. The molecule has 1 atom stereocenters. The zero-order chi connectivity index (χ0) is 15.9. The van der Waals surface area contributed by atoms with E-state index < -0.39 is 0 Å². The van der Waals surface area contributed by atoms with E-state index in [1.165, 1.54) is 11.1 Å². The number of rotatable bonds is 7. The number of carbonyl (C=O) groups is 1. The van der Waals surface area contributed by atoms with Gasteiger partial charge in [0.1, 0.15) is 5.76 Å². The highest BCUT2D eigenvalue weighted by Crippen LogP contribution is 2.26. The predicted molar refractivity (Wildman–Crippen MR) is 92.6 cm³/mol. The Balaban J connectivity index is 1.55. The summed E-state index contributed by atoms with van der Waals surface area (Å²) in [6.07, 6.45) is 2.93. The van der Waals surface area contributed by atoms with Crippen molar-refractivity contribution in [2.75, 3.05) is 6.54 Å². The molecule has 23 heavy (non-hydrogen) atoms. The van der Waals surface area contributed by atoms with Gasteiger partial charge in [-0.15, -0.1) is 0 Å². The van der Waals surface area contributed by atoms with E-state index in [1.807, 2.05) is 47.8 Å². The maximum Gasteiger partial charge on any atom is 0.220 e. The first kappa shape index (κ1) is 15.6. The molecule has 0 spiro atoms. The van der Waals surface area contributed by atoms with Crippen LogP contribution in [0.4, 0.5) is 0 Å². The molecule has 4 heteroatoms. The highest BCUT2D eigenvalue weighted by Gasteiger charge is 2.18. The Bertz CT molecular complexity index is 671. The van der Waals surface area contributed by atoms with Crippen molar-refractivity contribution in [3.05, 3.63) is 82.4 Å². The summed E-state index contributed by atoms with van der Waals surface area (Å²) in [7, 11) is 0. The van der Waals surface area contributed by atoms with Gasteiger partial charge in [-0.1, -0.05) is 30.3 Å². The van der Waals surface area contributed by atoms with Gasteiger partial charge in [-0.25, -0.2) is 0 Å². The standard InChI is InChI=1S/C19H19NO2S/c21-19(9-8-15-5-2-1-3-6-15)20-13-17(16-10-12-23-14-16)18-7-4-11-22-18/h1-7,10-12,14,17H,8-9,13H2,(H,20,21). The minimum Gasteiger partial charge on any atom is -0.469 e. The second-order valence-electron chi connectivity index (χ2n) is 5.41. The minimum atomic E-state index is 0.0666. The van der Waals surface area contributed by atoms with Crippen molar-refractivity contribution >= 4 is 17.2 Å². The van der Waals surface area contributed by atoms with E-state index >= 15 is 0 Å². The van der Waals surface area contributed by atoms with Crippen LogP contribution < -0.4 is 5.32 Å². The smallest absolute Gasteiger partial charge is 0.220 e. The molecule has 0 saturated carbocycles. The van der Waals surface area contributed by atoms with Crippen LogP contribution in [0.1, 0.15) is 29.2 Å². The van der Waals surface area contributed by atoms with E-state index in [9.17, 15) is 4.79 Å². The second-order valence-corrected chi connectivity index (χ2v) is 6.19. The summed E-state index contributed by atoms with van der Waals surface area (Å²) in [6.45, 7) is 0.553. The summed E-state index contributed by atoms with van der Waals surface area (Å²) in [6, 6.07) is 16.0. The number of hydrogen-bond acceptors (Lipinski definition) is 3. The third kappa shape index (κ3) is 4.33. The zero-order valence-corrected chi connectivity index (χ0v) is 13.6. The molecule has 1 amide bonds. The van der Waals surface area contributed by atoms with Gasteiger partial charge in [-0.3, -0.25) is 4.79 Å². The van der Waals surface area contributed by atoms with Crippen LogP contribution in [0.2, 0.25) is 0 Å². The molecule has 0 bridgehead atoms. The molecule has 0 saturated heterocycles. The van der Waals surface area contributed by atoms with E-state index in [4.69, 9.17) is 4.42 Å². The van der Waals surface area contributed by atoms with Gasteiger partial charge in [0, 0.05) is 13.0 Å². The van der Waals surface area contributed by atoms with Crippen LogP contribution in [-0.2, 0) is 11.2 Å². The van der Waals surface area contributed by atoms with E-state index in [2.05, 4.69) is 16.8 Å². The first-order valence-corrected chi connectivity index (χ1v) is 8.63. The maximum absolute atomic E-state index is 12.1. The van der Waals surface area contributed by atoms with E-state index in [0.29, 0.717) is 13.0 Å². The fourth-order valence-electron chi connectivity index (χ4n) is 2.55. The van der Waals surface area contributed by atoms with Crippen molar-refractivity contribution in [1.29, 1.82) is 0 Å². The first-order valence-electron chi connectivity index (χ1n) is 7.69. The van der Waals surface area contributed by atoms with Gasteiger partial charge in [0.25, 0.3) is 0 Å². The number of carbonyl (C=O) groups excluding carboxylic acids is 1. The molecule has 0 aliphatic rings. The minimum absolute atomic E-state index is 0.0666. The quantitative estimate of drug-likeness (QED) is 0.706. The molecular weight excluding hydrogens is 306 g/mol. The number of thiophene rings is 1. The number of amides is 1. The van der Waals surface area contributed by atoms with E-state index in [-0.39, 0.29) is 11.8 Å². The Morgan fingerprint density at radius 2 is 2.00 bits per heavy atom. The summed E-state index contributed by atoms with van der Waals surface area (Å²) in [5.41, 5.74) is 2.36. The fourth-order valence-corrected chi connectivity index (χ4v) is 3.27. The molecule has 3 aromatic rings. The molecule has 3 nitrogen and oxygen atoms in total. The van der Waals surface area contributed by atoms with Crippen LogP contribution in [0.3, 0.4) is 0 Å². The Morgan fingerprint density at radius 3 is 2.70 bits per heavy atom. The zero-order valence-electron chi connectivity index (χ0n) is 12.8. The van der Waals surface area contributed by atoms with Gasteiger partial charge in [-0.05, 0) is 46.5 Å². The van der Waals surface area contributed by atoms with Crippen LogP contribution in [0.5, 0.6) is 0 Å². The van der Waals surface area contributed by atoms with Crippen LogP contribution in [0.15, 0.2) is 70.0 Å². The largest absolute Gasteiger partial charge is 0.469 e. The lowest BCUT2D eigenvalue weighted by atomic mass is 9.99. The van der Waals surface area contributed by atoms with Crippen molar-refractivity contribution in [3.63, 3.8) is 0 Å². The van der Waals surface area contributed by atoms with E-state index in [1.54, 1.807) is 17.6 Å². The van der Waals surface area contributed by atoms with Crippen LogP contribution in [0.25, 0.3) is 0 Å². The lowest BCUT2D eigenvalue weighted by molar-refractivity contribution is -0.121. The first-order chi connectivity index (χ1) is 11.3. The Morgan fingerprint density at radius 1 is 1.13 bits per heavy atom. The molecule has 0 aliphatic heterocycles. The second kappa shape index (κ2) is 7.79. The SMILES string of the molecule is O=C(CCc1ccccc1)NCC(c1ccsc1)c1ccco1. The molecule has 1 unspecified atom stereocenters. The monoisotopic (exact) mass is 325 g/mol. The Hall–Kier alpha value is -2.33. The fraction of sp³-hybridized carbons (Fsp3) is 0.211. The molecule has 0 radical (unpaired) electrons. The molecule has 0 fully saturated rings. The number of hydrogen-bond donors (Lipinski definition) is 1. The van der Waals surface area contributed by atoms with Crippen molar-refractivity contribution in [3.8, 4) is 0 Å². The van der Waals surface area contributed by atoms with Gasteiger partial charge in [-0.2, -0.15) is 11.3 Å². The van der Waals surface area contributed by atoms with Crippen molar-refractivity contribution < 1.29 is 9.21 Å². The molecule has 118 valence electrons. The van der Waals surface area contributed by atoms with Crippen molar-refractivity contribution in [1.82, 2.24) is 5.32 Å². The van der Waals surface area contributed by atoms with Gasteiger partial charge >= 0.3 is 0 Å². The topological polar surface area (TPSA) is 42.2 Å². The Labute approximate surface area is 140 Å². The molecule has 3 rings (SSSR count). The van der Waals surface area contributed by atoms with Crippen LogP contribution >= 0.6 is 11.3 Å². The highest BCUT2D eigenvalue weighted by molar-refractivity contribution is 7.08. The summed E-state index contributed by atoms with van der Waals surface area (Å²) < 4.78 is 5.53. The summed E-state index contributed by atoms with van der Waals surface area (Å²) in [5, 5.41) is 7.18. The van der Waals surface area contributed by atoms with Gasteiger partial charge < -0.3 is 9.73 Å². The molecular formula is C19H19NO2S. The third-order valence-corrected chi connectivity index (χ3v) is 4.52. The van der Waals surface area contributed by atoms with Crippen LogP contribution in [-0.4, -0.2) is 12.5 Å². The van der Waals surface area contributed by atoms with Gasteiger partial charge in [0.05, 0.1) is 12.2 Å². The average molecular weight is 325 g/mol. The van der Waals surface area contributed by atoms with Crippen molar-refractivity contribution in [2.45, 2.75) is 18.8 Å². The Kier molecular flexibility index (Phi) is 5.27. The summed E-state index contributed by atoms with van der Waals surface area (Å²) in [4.78, 5) is 12.1. The van der Waals surface area contributed by atoms with Gasteiger partial charge in [0.15, 0.2) is 0 Å². The molecule has 1 aromatic carbocycles. The lowest BCUT2D eigenvalue weighted by Gasteiger charge is -2.14. The molecule has 2 aromatic heterocycles. The lowest BCUT2D eigenvalue weighted by Crippen LogP contribution is -2.28. The number of aryl methyl sites for hydroxylation is 1. The van der Waals surface area contributed by atoms with Crippen LogP contribution in [0, 0.1) is 0 Å². The van der Waals surface area contributed by atoms with E-state index in [0.717, 1.165) is 12.2 Å². The van der Waals surface area contributed by atoms with Crippen molar-refractivity contribution in [2.24, 2.45) is 0 Å². The predicted octanol–water partition coefficient (Wildman–Crippen LogP) is 4.22. The third-order valence-electron chi connectivity index (χ3n) is 3.82. The molecule has 2 heterocycles. The van der Waals surface area contributed by atoms with Gasteiger partial charge in [0.2, 0.25) is 5.91 Å². The molecule has 0 aliphatic carbocycles. The highest BCUT2D eigenvalue weighted by atomic mass is 32.1. The normalized spacial score (nSPS) is 12.0. The maximum atomic E-state index is 12.1. The summed E-state index contributed by atoms with van der Waals surface area (Å²) >= 11 is 1.65.